The van der Waals surface area contributed by atoms with E-state index >= 15 is 0 Å². The Labute approximate surface area is 147 Å². The number of pyridine rings is 1. The average Bonchev–Trinajstić information content (AvgIpc) is 2.90. The Morgan fingerprint density at radius 2 is 2.04 bits per heavy atom. The summed E-state index contributed by atoms with van der Waals surface area (Å²) in [6.07, 6.45) is 0. The van der Waals surface area contributed by atoms with E-state index in [1.807, 2.05) is 26.0 Å². The molecule has 128 valence electrons. The molecule has 2 heterocycles. The molecule has 25 heavy (non-hydrogen) atoms. The molecule has 0 saturated heterocycles. The van der Waals surface area contributed by atoms with E-state index in [0.717, 1.165) is 16.4 Å². The third-order valence-electron chi connectivity index (χ3n) is 3.40. The molecule has 2 aromatic heterocycles. The lowest BCUT2D eigenvalue weighted by Crippen LogP contribution is -2.37. The molecule has 9 nitrogen and oxygen atoms in total. The molecular formula is C15H14N6O3S. The fourth-order valence-electron chi connectivity index (χ4n) is 2.32. The highest BCUT2D eigenvalue weighted by Gasteiger charge is 2.25. The number of nitrogen functional groups attached to an aromatic ring is 1. The third-order valence-corrected chi connectivity index (χ3v) is 4.37. The van der Waals surface area contributed by atoms with Crippen molar-refractivity contribution in [2.75, 3.05) is 11.5 Å². The van der Waals surface area contributed by atoms with Crippen molar-refractivity contribution in [3.8, 4) is 18.1 Å². The first-order valence-corrected chi connectivity index (χ1v) is 8.12. The van der Waals surface area contributed by atoms with Crippen molar-refractivity contribution >= 4 is 23.4 Å². The number of hydrogen-bond acceptors (Lipinski definition) is 9. The second-order valence-electron chi connectivity index (χ2n) is 5.39. The van der Waals surface area contributed by atoms with E-state index in [4.69, 9.17) is 5.73 Å². The van der Waals surface area contributed by atoms with Crippen LogP contribution >= 0.6 is 11.8 Å². The maximum absolute atomic E-state index is 12.2. The van der Waals surface area contributed by atoms with Crippen molar-refractivity contribution in [1.82, 2.24) is 10.3 Å². The van der Waals surface area contributed by atoms with Gasteiger partial charge in [0.25, 0.3) is 5.69 Å². The van der Waals surface area contributed by atoms with Crippen LogP contribution in [0, 0.1) is 22.7 Å². The molecule has 10 heteroatoms. The molecule has 0 aliphatic carbocycles. The molecule has 0 bridgehead atoms. The zero-order chi connectivity index (χ0) is 18.7. The summed E-state index contributed by atoms with van der Waals surface area (Å²) in [6, 6.07) is 4.00. The molecule has 0 spiro atoms. The number of carbonyl (C=O) groups excluding carboxylic acids is 1. The molecular weight excluding hydrogens is 344 g/mol. The van der Waals surface area contributed by atoms with E-state index in [1.54, 1.807) is 0 Å². The van der Waals surface area contributed by atoms with Crippen molar-refractivity contribution in [2.45, 2.75) is 24.8 Å². The molecule has 0 amide bonds. The quantitative estimate of drug-likeness (QED) is 0.453. The molecule has 0 unspecified atom stereocenters. The minimum atomic E-state index is -0.830. The van der Waals surface area contributed by atoms with Crippen LogP contribution in [0.3, 0.4) is 0 Å². The van der Waals surface area contributed by atoms with Gasteiger partial charge in [-0.15, -0.1) is 0 Å². The van der Waals surface area contributed by atoms with Crippen molar-refractivity contribution in [3.05, 3.63) is 22.4 Å². The number of nitriles is 2. The lowest BCUT2D eigenvalue weighted by Gasteiger charge is -2.14. The van der Waals surface area contributed by atoms with Gasteiger partial charge in [-0.1, -0.05) is 30.3 Å². The van der Waals surface area contributed by atoms with Crippen molar-refractivity contribution in [3.63, 3.8) is 0 Å². The van der Waals surface area contributed by atoms with E-state index in [9.17, 15) is 20.4 Å². The Hall–Kier alpha value is -3.11. The summed E-state index contributed by atoms with van der Waals surface area (Å²) in [5.41, 5.74) is 6.48. The summed E-state index contributed by atoms with van der Waals surface area (Å²) in [6.45, 7) is 3.66. The van der Waals surface area contributed by atoms with Gasteiger partial charge < -0.3 is 15.4 Å². The highest BCUT2D eigenvalue weighted by molar-refractivity contribution is 8.00. The summed E-state index contributed by atoms with van der Waals surface area (Å²) >= 11 is 0.966. The van der Waals surface area contributed by atoms with Gasteiger partial charge >= 0.3 is 0 Å². The highest BCUT2D eigenvalue weighted by atomic mass is 32.2. The van der Waals surface area contributed by atoms with Crippen LogP contribution in [0.5, 0.6) is 5.95 Å². The van der Waals surface area contributed by atoms with Crippen LogP contribution < -0.4 is 15.5 Å². The molecule has 0 aliphatic rings. The standard InChI is InChI=1S/C15H14N6O3S/c1-7(2)11-8(4-16)13(18)19-14(9(11)5-17)25-6-10(22)12-15(23)24-20-21(12)3/h7H,6H2,1-3H3,(H2-,18,19,20,22,23). The zero-order valence-corrected chi connectivity index (χ0v) is 14.5. The lowest BCUT2D eigenvalue weighted by molar-refractivity contribution is -0.741. The van der Waals surface area contributed by atoms with Gasteiger partial charge in [-0.25, -0.2) is 4.98 Å². The fourth-order valence-corrected chi connectivity index (χ4v) is 3.19. The Morgan fingerprint density at radius 1 is 1.40 bits per heavy atom. The number of ketones is 1. The summed E-state index contributed by atoms with van der Waals surface area (Å²) < 4.78 is 5.47. The lowest BCUT2D eigenvalue weighted by atomic mass is 9.94. The van der Waals surface area contributed by atoms with E-state index < -0.39 is 11.7 Å². The number of aryl methyl sites for hydroxylation is 1. The van der Waals surface area contributed by atoms with Crippen LogP contribution in [0.2, 0.25) is 0 Å². The molecule has 2 aromatic rings. The van der Waals surface area contributed by atoms with Crippen molar-refractivity contribution < 1.29 is 19.1 Å². The number of hydrogen-bond donors (Lipinski definition) is 1. The number of Topliss-reactive ketones (excluding diaryl/α,β-unsaturated/α-hetero) is 1. The first kappa shape index (κ1) is 18.2. The summed E-state index contributed by atoms with van der Waals surface area (Å²) in [4.78, 5) is 16.3. The second-order valence-corrected chi connectivity index (χ2v) is 6.35. The topological polar surface area (TPSA) is 157 Å². The van der Waals surface area contributed by atoms with Gasteiger partial charge in [0, 0.05) is 0 Å². The Bertz CT molecular complexity index is 903. The first-order chi connectivity index (χ1) is 11.8. The largest absolute Gasteiger partial charge is 0.539 e. The van der Waals surface area contributed by atoms with E-state index in [-0.39, 0.29) is 39.3 Å². The van der Waals surface area contributed by atoms with Crippen LogP contribution in [-0.4, -0.2) is 21.8 Å². The number of nitrogens with two attached hydrogens (primary N) is 1. The molecule has 0 atom stereocenters. The minimum absolute atomic E-state index is 0.000182. The zero-order valence-electron chi connectivity index (χ0n) is 13.7. The number of thioether (sulfide) groups is 1. The van der Waals surface area contributed by atoms with Gasteiger partial charge in [0.05, 0.1) is 22.2 Å². The van der Waals surface area contributed by atoms with E-state index in [2.05, 4.69) is 14.8 Å². The van der Waals surface area contributed by atoms with Crippen LogP contribution in [0.4, 0.5) is 5.82 Å². The van der Waals surface area contributed by atoms with Crippen LogP contribution in [0.1, 0.15) is 46.9 Å². The predicted octanol–water partition coefficient (Wildman–Crippen LogP) is 0.392. The first-order valence-electron chi connectivity index (χ1n) is 7.14. The molecule has 0 radical (unpaired) electrons. The summed E-state index contributed by atoms with van der Waals surface area (Å²) in [7, 11) is 1.42. The maximum Gasteiger partial charge on any atom is 0.300 e. The van der Waals surface area contributed by atoms with Crippen LogP contribution in [-0.2, 0) is 7.05 Å². The Morgan fingerprint density at radius 3 is 2.52 bits per heavy atom. The van der Waals surface area contributed by atoms with Crippen LogP contribution in [0.15, 0.2) is 9.55 Å². The highest BCUT2D eigenvalue weighted by Crippen LogP contribution is 2.33. The Balaban J connectivity index is 2.39. The monoisotopic (exact) mass is 358 g/mol. The second kappa shape index (κ2) is 7.20. The summed E-state index contributed by atoms with van der Waals surface area (Å²) in [5.74, 6) is -1.63. The van der Waals surface area contributed by atoms with E-state index in [0.29, 0.717) is 5.56 Å². The Kier molecular flexibility index (Phi) is 5.25. The van der Waals surface area contributed by atoms with Crippen molar-refractivity contribution in [1.29, 1.82) is 10.5 Å². The normalized spacial score (nSPS) is 10.5. The smallest absolute Gasteiger partial charge is 0.300 e. The van der Waals surface area contributed by atoms with Gasteiger partial charge in [0.15, 0.2) is 13.0 Å². The maximum atomic E-state index is 12.2. The predicted molar refractivity (Wildman–Crippen MR) is 84.3 cm³/mol. The number of rotatable bonds is 5. The molecule has 2 rings (SSSR count). The number of aromatic nitrogens is 3. The van der Waals surface area contributed by atoms with Gasteiger partial charge in [0.2, 0.25) is 5.78 Å². The number of nitrogens with zero attached hydrogens (tertiary/aromatic N) is 5. The SMILES string of the molecule is CC(C)c1c(C#N)c(N)nc(SCC(=O)c2c([O-])on[n+]2C)c1C#N. The van der Waals surface area contributed by atoms with Gasteiger partial charge in [-0.3, -0.25) is 4.79 Å². The number of anilines is 1. The third kappa shape index (κ3) is 3.39. The van der Waals surface area contributed by atoms with Gasteiger partial charge in [0.1, 0.15) is 23.0 Å². The fraction of sp³-hybridized carbons (Fsp3) is 0.333. The summed E-state index contributed by atoms with van der Waals surface area (Å²) in [5, 5.41) is 33.9. The average molecular weight is 358 g/mol. The molecule has 0 aromatic carbocycles. The van der Waals surface area contributed by atoms with Gasteiger partial charge in [-0.05, 0) is 11.5 Å². The molecule has 0 saturated carbocycles. The minimum Gasteiger partial charge on any atom is -0.539 e. The van der Waals surface area contributed by atoms with Gasteiger partial charge in [-0.2, -0.15) is 10.5 Å². The molecule has 0 fully saturated rings. The van der Waals surface area contributed by atoms with E-state index in [1.165, 1.54) is 7.05 Å². The molecule has 2 N–H and O–H groups in total. The molecule has 0 aliphatic heterocycles. The van der Waals surface area contributed by atoms with Crippen LogP contribution in [0.25, 0.3) is 0 Å². The number of carbonyl (C=O) groups is 1. The van der Waals surface area contributed by atoms with Crippen molar-refractivity contribution in [2.24, 2.45) is 7.05 Å².